The van der Waals surface area contributed by atoms with Crippen molar-refractivity contribution in [2.45, 2.75) is 64.6 Å². The minimum atomic E-state index is -0.805. The lowest BCUT2D eigenvalue weighted by atomic mass is 9.79. The van der Waals surface area contributed by atoms with Crippen LogP contribution in [-0.2, 0) is 0 Å². The van der Waals surface area contributed by atoms with E-state index in [1.807, 2.05) is 6.92 Å². The van der Waals surface area contributed by atoms with Gasteiger partial charge in [-0.15, -0.1) is 0 Å². The number of nitrogens with one attached hydrogen (secondary N) is 1. The van der Waals surface area contributed by atoms with E-state index in [-0.39, 0.29) is 17.1 Å². The van der Waals surface area contributed by atoms with Crippen molar-refractivity contribution in [2.75, 3.05) is 6.54 Å². The summed E-state index contributed by atoms with van der Waals surface area (Å²) in [5.74, 6) is 0. The first-order valence-corrected chi connectivity index (χ1v) is 5.96. The van der Waals surface area contributed by atoms with Gasteiger partial charge in [-0.2, -0.15) is 0 Å². The van der Waals surface area contributed by atoms with E-state index >= 15 is 0 Å². The van der Waals surface area contributed by atoms with E-state index in [1.54, 1.807) is 4.90 Å². The number of carbonyl (C=O) groups is 1. The van der Waals surface area contributed by atoms with Gasteiger partial charge in [0.25, 0.3) is 0 Å². The molecule has 4 nitrogen and oxygen atoms in total. The Labute approximate surface area is 98.0 Å². The van der Waals surface area contributed by atoms with Gasteiger partial charge in [-0.25, -0.2) is 4.79 Å². The first kappa shape index (κ1) is 13.3. The lowest BCUT2D eigenvalue weighted by molar-refractivity contribution is 0.0654. The van der Waals surface area contributed by atoms with Gasteiger partial charge in [0, 0.05) is 23.7 Å². The van der Waals surface area contributed by atoms with Crippen molar-refractivity contribution in [3.8, 4) is 0 Å². The van der Waals surface area contributed by atoms with Crippen molar-refractivity contribution in [2.24, 2.45) is 0 Å². The van der Waals surface area contributed by atoms with Crippen molar-refractivity contribution < 1.29 is 9.90 Å². The van der Waals surface area contributed by atoms with Gasteiger partial charge >= 0.3 is 6.09 Å². The number of carboxylic acid groups (broad SMARTS) is 1. The Bertz CT molecular complexity index is 258. The Morgan fingerprint density at radius 1 is 1.31 bits per heavy atom. The van der Waals surface area contributed by atoms with E-state index in [4.69, 9.17) is 0 Å². The van der Waals surface area contributed by atoms with Crippen LogP contribution in [0.3, 0.4) is 0 Å². The maximum absolute atomic E-state index is 11.2. The van der Waals surface area contributed by atoms with Crippen LogP contribution < -0.4 is 5.32 Å². The molecule has 1 aliphatic rings. The van der Waals surface area contributed by atoms with Crippen LogP contribution >= 0.6 is 0 Å². The molecule has 1 aliphatic heterocycles. The van der Waals surface area contributed by atoms with Crippen molar-refractivity contribution >= 4 is 6.09 Å². The quantitative estimate of drug-likeness (QED) is 0.762. The van der Waals surface area contributed by atoms with E-state index in [0.29, 0.717) is 6.54 Å². The zero-order valence-electron chi connectivity index (χ0n) is 11.0. The Morgan fingerprint density at radius 2 is 1.75 bits per heavy atom. The second-order valence-corrected chi connectivity index (χ2v) is 6.02. The molecule has 16 heavy (non-hydrogen) atoms. The largest absolute Gasteiger partial charge is 0.465 e. The average Bonchev–Trinajstić information content (AvgIpc) is 1.97. The number of hydrogen-bond donors (Lipinski definition) is 2. The van der Waals surface area contributed by atoms with Crippen LogP contribution in [0.25, 0.3) is 0 Å². The summed E-state index contributed by atoms with van der Waals surface area (Å²) in [7, 11) is 0. The van der Waals surface area contributed by atoms with E-state index in [2.05, 4.69) is 33.0 Å². The molecule has 0 saturated carbocycles. The van der Waals surface area contributed by atoms with Crippen molar-refractivity contribution in [1.29, 1.82) is 0 Å². The molecule has 0 aromatic carbocycles. The minimum absolute atomic E-state index is 0.00468. The predicted molar refractivity (Wildman–Crippen MR) is 64.7 cm³/mol. The smallest absolute Gasteiger partial charge is 0.407 e. The lowest BCUT2D eigenvalue weighted by Crippen LogP contribution is -2.62. The third kappa shape index (κ3) is 3.11. The fourth-order valence-corrected chi connectivity index (χ4v) is 3.04. The highest BCUT2D eigenvalue weighted by Gasteiger charge is 2.40. The van der Waals surface area contributed by atoms with Crippen LogP contribution in [-0.4, -0.2) is 39.8 Å². The predicted octanol–water partition coefficient (Wildman–Crippen LogP) is 2.30. The highest BCUT2D eigenvalue weighted by Crippen LogP contribution is 2.31. The van der Waals surface area contributed by atoms with Gasteiger partial charge in [-0.1, -0.05) is 0 Å². The molecule has 1 rings (SSSR count). The molecule has 1 fully saturated rings. The Balaban J connectivity index is 2.84. The first-order valence-electron chi connectivity index (χ1n) is 5.96. The van der Waals surface area contributed by atoms with Crippen molar-refractivity contribution in [3.05, 3.63) is 0 Å². The third-order valence-electron chi connectivity index (χ3n) is 3.20. The molecular weight excluding hydrogens is 204 g/mol. The summed E-state index contributed by atoms with van der Waals surface area (Å²) in [6.45, 7) is 11.0. The number of rotatable bonds is 2. The molecule has 0 atom stereocenters. The van der Waals surface area contributed by atoms with Gasteiger partial charge in [0.05, 0.1) is 0 Å². The molecule has 0 unspecified atom stereocenters. The Morgan fingerprint density at radius 3 is 2.06 bits per heavy atom. The Kier molecular flexibility index (Phi) is 3.53. The summed E-state index contributed by atoms with van der Waals surface area (Å²) >= 11 is 0. The fraction of sp³-hybridized carbons (Fsp3) is 0.917. The second-order valence-electron chi connectivity index (χ2n) is 6.02. The first-order chi connectivity index (χ1) is 7.17. The summed E-state index contributed by atoms with van der Waals surface area (Å²) in [4.78, 5) is 12.7. The van der Waals surface area contributed by atoms with Crippen LogP contribution in [0.15, 0.2) is 0 Å². The third-order valence-corrected chi connectivity index (χ3v) is 3.20. The number of hydrogen-bond acceptors (Lipinski definition) is 2. The number of amides is 1. The standard InChI is InChI=1S/C12H24N2O2/c1-6-14(10(15)16)9-7-11(2,3)13-12(4,5)8-9/h9,13H,6-8H2,1-5H3,(H,15,16). The topological polar surface area (TPSA) is 52.6 Å². The minimum Gasteiger partial charge on any atom is -0.465 e. The zero-order valence-corrected chi connectivity index (χ0v) is 11.0. The molecule has 0 aromatic rings. The molecule has 0 aromatic heterocycles. The molecule has 0 aliphatic carbocycles. The maximum atomic E-state index is 11.2. The highest BCUT2D eigenvalue weighted by atomic mass is 16.4. The van der Waals surface area contributed by atoms with Gasteiger partial charge in [-0.05, 0) is 47.5 Å². The lowest BCUT2D eigenvalue weighted by Gasteiger charge is -2.48. The zero-order chi connectivity index (χ0) is 12.6. The van der Waals surface area contributed by atoms with E-state index in [0.717, 1.165) is 12.8 Å². The van der Waals surface area contributed by atoms with Gasteiger partial charge in [0.2, 0.25) is 0 Å². The van der Waals surface area contributed by atoms with Crippen LogP contribution in [0.2, 0.25) is 0 Å². The number of piperidine rings is 1. The van der Waals surface area contributed by atoms with Crippen LogP contribution in [0.1, 0.15) is 47.5 Å². The summed E-state index contributed by atoms with van der Waals surface area (Å²) in [5.41, 5.74) is -0.00935. The van der Waals surface area contributed by atoms with Gasteiger partial charge < -0.3 is 15.3 Å². The van der Waals surface area contributed by atoms with Crippen LogP contribution in [0.5, 0.6) is 0 Å². The summed E-state index contributed by atoms with van der Waals surface area (Å²) in [6, 6.07) is 0.119. The van der Waals surface area contributed by atoms with Crippen molar-refractivity contribution in [3.63, 3.8) is 0 Å². The van der Waals surface area contributed by atoms with Gasteiger partial charge in [0.1, 0.15) is 0 Å². The molecule has 0 spiro atoms. The summed E-state index contributed by atoms with van der Waals surface area (Å²) in [5, 5.41) is 12.7. The SMILES string of the molecule is CCN(C(=O)O)C1CC(C)(C)NC(C)(C)C1. The molecule has 2 N–H and O–H groups in total. The fourth-order valence-electron chi connectivity index (χ4n) is 3.04. The summed E-state index contributed by atoms with van der Waals surface area (Å²) < 4.78 is 0. The average molecular weight is 228 g/mol. The Hall–Kier alpha value is -0.770. The molecular formula is C12H24N2O2. The van der Waals surface area contributed by atoms with Crippen LogP contribution in [0, 0.1) is 0 Å². The van der Waals surface area contributed by atoms with Crippen LogP contribution in [0.4, 0.5) is 4.79 Å². The normalized spacial score (nSPS) is 24.1. The molecule has 1 heterocycles. The van der Waals surface area contributed by atoms with Crippen molar-refractivity contribution in [1.82, 2.24) is 10.2 Å². The summed E-state index contributed by atoms with van der Waals surface area (Å²) in [6.07, 6.45) is 0.939. The molecule has 0 radical (unpaired) electrons. The highest BCUT2D eigenvalue weighted by molar-refractivity contribution is 5.65. The second kappa shape index (κ2) is 4.24. The number of nitrogens with zero attached hydrogens (tertiary/aromatic N) is 1. The van der Waals surface area contributed by atoms with E-state index in [9.17, 15) is 9.90 Å². The molecule has 94 valence electrons. The van der Waals surface area contributed by atoms with E-state index in [1.165, 1.54) is 0 Å². The molecule has 4 heteroatoms. The van der Waals surface area contributed by atoms with E-state index < -0.39 is 6.09 Å². The molecule has 0 bridgehead atoms. The van der Waals surface area contributed by atoms with Gasteiger partial charge in [-0.3, -0.25) is 0 Å². The maximum Gasteiger partial charge on any atom is 0.407 e. The molecule has 1 amide bonds. The van der Waals surface area contributed by atoms with Gasteiger partial charge in [0.15, 0.2) is 0 Å². The monoisotopic (exact) mass is 228 g/mol. The molecule has 1 saturated heterocycles.